The first-order chi connectivity index (χ1) is 6.83. The quantitative estimate of drug-likeness (QED) is 0.636. The summed E-state index contributed by atoms with van der Waals surface area (Å²) in [7, 11) is -3.24. The average Bonchev–Trinajstić information content (AvgIpc) is 2.42. The first-order valence-electron chi connectivity index (χ1n) is 5.05. The Morgan fingerprint density at radius 3 is 2.87 bits per heavy atom. The van der Waals surface area contributed by atoms with Crippen LogP contribution in [0.25, 0.3) is 0 Å². The van der Waals surface area contributed by atoms with E-state index in [-0.39, 0.29) is 11.5 Å². The van der Waals surface area contributed by atoms with Crippen LogP contribution < -0.4 is 0 Å². The van der Waals surface area contributed by atoms with Crippen molar-refractivity contribution in [2.45, 2.75) is 32.7 Å². The van der Waals surface area contributed by atoms with Crippen molar-refractivity contribution in [3.8, 4) is 0 Å². The SMILES string of the molecule is CC1=C[C@H]2N(S(C)(=O)=O)N=C[C@@]2(C)CC1. The van der Waals surface area contributed by atoms with Crippen LogP contribution in [0.4, 0.5) is 0 Å². The van der Waals surface area contributed by atoms with Crippen LogP contribution in [-0.4, -0.2) is 31.3 Å². The third-order valence-electron chi connectivity index (χ3n) is 3.22. The zero-order valence-electron chi connectivity index (χ0n) is 9.27. The Labute approximate surface area is 90.7 Å². The molecule has 0 saturated heterocycles. The van der Waals surface area contributed by atoms with E-state index in [9.17, 15) is 8.42 Å². The number of allylic oxidation sites excluding steroid dienone is 1. The van der Waals surface area contributed by atoms with Gasteiger partial charge >= 0.3 is 0 Å². The lowest BCUT2D eigenvalue weighted by atomic mass is 9.75. The van der Waals surface area contributed by atoms with Gasteiger partial charge < -0.3 is 0 Å². The first-order valence-corrected chi connectivity index (χ1v) is 6.90. The van der Waals surface area contributed by atoms with Crippen LogP contribution in [0, 0.1) is 5.41 Å². The van der Waals surface area contributed by atoms with Gasteiger partial charge in [0.2, 0.25) is 10.0 Å². The maximum atomic E-state index is 11.5. The molecule has 2 aliphatic rings. The number of hydrazone groups is 1. The van der Waals surface area contributed by atoms with Crippen molar-refractivity contribution in [2.75, 3.05) is 6.26 Å². The van der Waals surface area contributed by atoms with Gasteiger partial charge in [-0.15, -0.1) is 0 Å². The van der Waals surface area contributed by atoms with Crippen LogP contribution in [-0.2, 0) is 10.0 Å². The van der Waals surface area contributed by atoms with Crippen LogP contribution >= 0.6 is 0 Å². The van der Waals surface area contributed by atoms with E-state index >= 15 is 0 Å². The largest absolute Gasteiger partial charge is 0.247 e. The van der Waals surface area contributed by atoms with E-state index in [4.69, 9.17) is 0 Å². The number of rotatable bonds is 1. The van der Waals surface area contributed by atoms with Crippen LogP contribution in [0.2, 0.25) is 0 Å². The topological polar surface area (TPSA) is 49.7 Å². The molecule has 1 heterocycles. The van der Waals surface area contributed by atoms with Crippen LogP contribution in [0.5, 0.6) is 0 Å². The summed E-state index contributed by atoms with van der Waals surface area (Å²) in [5.41, 5.74) is 1.12. The summed E-state index contributed by atoms with van der Waals surface area (Å²) in [6.45, 7) is 4.10. The van der Waals surface area contributed by atoms with Crippen LogP contribution in [0.1, 0.15) is 26.7 Å². The van der Waals surface area contributed by atoms with E-state index in [1.807, 2.05) is 13.0 Å². The highest BCUT2D eigenvalue weighted by Crippen LogP contribution is 2.41. The predicted molar refractivity (Wildman–Crippen MR) is 60.1 cm³/mol. The number of fused-ring (bicyclic) bond motifs is 1. The lowest BCUT2D eigenvalue weighted by molar-refractivity contribution is 0.269. The standard InChI is InChI=1S/C10H16N2O2S/c1-8-4-5-10(2)7-11-12(9(10)6-8)15(3,13)14/h6-7,9H,4-5H2,1-3H3/t9-,10-/m1/s1. The molecule has 1 aliphatic heterocycles. The summed E-state index contributed by atoms with van der Waals surface area (Å²) in [6.07, 6.45) is 7.00. The second-order valence-corrected chi connectivity index (χ2v) is 6.58. The summed E-state index contributed by atoms with van der Waals surface area (Å²) in [6, 6.07) is -0.124. The zero-order chi connectivity index (χ0) is 11.3. The third-order valence-corrected chi connectivity index (χ3v) is 4.22. The number of hydrogen-bond acceptors (Lipinski definition) is 3. The van der Waals surface area contributed by atoms with Gasteiger partial charge in [-0.3, -0.25) is 0 Å². The molecule has 2 atom stereocenters. The van der Waals surface area contributed by atoms with E-state index in [0.29, 0.717) is 0 Å². The summed E-state index contributed by atoms with van der Waals surface area (Å²) in [5, 5.41) is 4.03. The van der Waals surface area contributed by atoms with Gasteiger partial charge in [0, 0.05) is 11.6 Å². The Morgan fingerprint density at radius 1 is 1.60 bits per heavy atom. The second kappa shape index (κ2) is 3.07. The third kappa shape index (κ3) is 1.69. The molecule has 4 nitrogen and oxygen atoms in total. The van der Waals surface area contributed by atoms with E-state index in [0.717, 1.165) is 12.8 Å². The first kappa shape index (κ1) is 10.7. The molecular weight excluding hydrogens is 212 g/mol. The minimum absolute atomic E-state index is 0.122. The van der Waals surface area contributed by atoms with Crippen LogP contribution in [0.15, 0.2) is 16.8 Å². The molecule has 0 bridgehead atoms. The lowest BCUT2D eigenvalue weighted by Gasteiger charge is -2.34. The molecule has 0 amide bonds. The Balaban J connectivity index is 2.42. The molecule has 0 radical (unpaired) electrons. The molecule has 2 rings (SSSR count). The van der Waals surface area contributed by atoms with Crippen LogP contribution in [0.3, 0.4) is 0 Å². The molecule has 0 fully saturated rings. The highest BCUT2D eigenvalue weighted by Gasteiger charge is 2.45. The average molecular weight is 228 g/mol. The molecule has 0 aromatic heterocycles. The zero-order valence-corrected chi connectivity index (χ0v) is 10.1. The van der Waals surface area contributed by atoms with Gasteiger partial charge in [0.15, 0.2) is 0 Å². The van der Waals surface area contributed by atoms with Crippen molar-refractivity contribution in [3.63, 3.8) is 0 Å². The van der Waals surface area contributed by atoms with E-state index in [1.165, 1.54) is 16.2 Å². The predicted octanol–water partition coefficient (Wildman–Crippen LogP) is 1.36. The molecule has 1 aliphatic carbocycles. The minimum atomic E-state index is -3.24. The minimum Gasteiger partial charge on any atom is -0.205 e. The lowest BCUT2D eigenvalue weighted by Crippen LogP contribution is -2.42. The van der Waals surface area contributed by atoms with Crippen molar-refractivity contribution >= 4 is 16.2 Å². The smallest absolute Gasteiger partial charge is 0.205 e. The second-order valence-electron chi connectivity index (χ2n) is 4.74. The summed E-state index contributed by atoms with van der Waals surface area (Å²) in [4.78, 5) is 0. The summed E-state index contributed by atoms with van der Waals surface area (Å²) < 4.78 is 24.3. The molecule has 0 unspecified atom stereocenters. The molecule has 0 spiro atoms. The van der Waals surface area contributed by atoms with Crippen molar-refractivity contribution in [1.29, 1.82) is 0 Å². The van der Waals surface area contributed by atoms with Crippen molar-refractivity contribution in [3.05, 3.63) is 11.6 Å². The molecule has 15 heavy (non-hydrogen) atoms. The maximum Gasteiger partial charge on any atom is 0.247 e. The molecule has 5 heteroatoms. The van der Waals surface area contributed by atoms with Crippen molar-refractivity contribution in [1.82, 2.24) is 4.41 Å². The maximum absolute atomic E-state index is 11.5. The van der Waals surface area contributed by atoms with Gasteiger partial charge in [-0.05, 0) is 19.8 Å². The normalized spacial score (nSPS) is 35.3. The Bertz CT molecular complexity index is 438. The number of sulfonamides is 1. The van der Waals surface area contributed by atoms with Crippen molar-refractivity contribution in [2.24, 2.45) is 10.5 Å². The van der Waals surface area contributed by atoms with Gasteiger partial charge in [0.25, 0.3) is 0 Å². The summed E-state index contributed by atoms with van der Waals surface area (Å²) >= 11 is 0. The fourth-order valence-corrected chi connectivity index (χ4v) is 3.10. The Morgan fingerprint density at radius 2 is 2.27 bits per heavy atom. The molecule has 0 aromatic rings. The fraction of sp³-hybridized carbons (Fsp3) is 0.700. The molecule has 0 saturated carbocycles. The van der Waals surface area contributed by atoms with Gasteiger partial charge in [-0.25, -0.2) is 8.42 Å². The monoisotopic (exact) mass is 228 g/mol. The highest BCUT2D eigenvalue weighted by atomic mass is 32.2. The van der Waals surface area contributed by atoms with E-state index < -0.39 is 10.0 Å². The van der Waals surface area contributed by atoms with Gasteiger partial charge in [0.05, 0.1) is 12.3 Å². The molecular formula is C10H16N2O2S. The highest BCUT2D eigenvalue weighted by molar-refractivity contribution is 7.88. The van der Waals surface area contributed by atoms with E-state index in [1.54, 1.807) is 6.21 Å². The summed E-state index contributed by atoms with van der Waals surface area (Å²) in [5.74, 6) is 0. The number of hydrogen-bond donors (Lipinski definition) is 0. The Kier molecular flexibility index (Phi) is 2.19. The van der Waals surface area contributed by atoms with Gasteiger partial charge in [0.1, 0.15) is 0 Å². The number of nitrogens with zero attached hydrogens (tertiary/aromatic N) is 2. The van der Waals surface area contributed by atoms with E-state index in [2.05, 4.69) is 12.0 Å². The van der Waals surface area contributed by atoms with Gasteiger partial charge in [-0.2, -0.15) is 9.52 Å². The molecule has 0 aromatic carbocycles. The molecule has 84 valence electrons. The Hall–Kier alpha value is -0.840. The molecule has 0 N–H and O–H groups in total. The van der Waals surface area contributed by atoms with Gasteiger partial charge in [-0.1, -0.05) is 18.6 Å². The van der Waals surface area contributed by atoms with Crippen molar-refractivity contribution < 1.29 is 8.42 Å². The fourth-order valence-electron chi connectivity index (χ4n) is 2.17.